The minimum Gasteiger partial charge on any atom is -0.478 e. The fraction of sp³-hybridized carbons (Fsp3) is 0.538. The van der Waals surface area contributed by atoms with Crippen molar-refractivity contribution >= 4 is 11.8 Å². The number of ether oxygens (including phenoxy) is 1. The van der Waals surface area contributed by atoms with E-state index in [0.29, 0.717) is 17.9 Å². The van der Waals surface area contributed by atoms with Crippen LogP contribution in [0.3, 0.4) is 0 Å². The Kier molecular flexibility index (Phi) is 3.52. The molecule has 0 unspecified atom stereocenters. The first-order valence-corrected chi connectivity index (χ1v) is 6.06. The SMILES string of the molecule is COC1(CNc2nccc(C)c2C(=O)O)CCC1. The zero-order valence-corrected chi connectivity index (χ0v) is 10.7. The van der Waals surface area contributed by atoms with Crippen LogP contribution < -0.4 is 5.32 Å². The van der Waals surface area contributed by atoms with Crippen LogP contribution in [-0.4, -0.2) is 35.3 Å². The highest BCUT2D eigenvalue weighted by Gasteiger charge is 2.37. The van der Waals surface area contributed by atoms with Crippen molar-refractivity contribution in [2.45, 2.75) is 31.8 Å². The Morgan fingerprint density at radius 1 is 1.61 bits per heavy atom. The molecular weight excluding hydrogens is 232 g/mol. The molecule has 0 atom stereocenters. The molecule has 0 radical (unpaired) electrons. The van der Waals surface area contributed by atoms with Crippen LogP contribution in [0.2, 0.25) is 0 Å². The summed E-state index contributed by atoms with van der Waals surface area (Å²) in [7, 11) is 1.70. The minimum absolute atomic E-state index is 0.152. The Balaban J connectivity index is 2.14. The van der Waals surface area contributed by atoms with Gasteiger partial charge in [0.15, 0.2) is 0 Å². The molecule has 0 bridgehead atoms. The number of carbonyl (C=O) groups is 1. The van der Waals surface area contributed by atoms with Gasteiger partial charge in [-0.1, -0.05) is 0 Å². The molecule has 98 valence electrons. The molecule has 1 aromatic heterocycles. The zero-order chi connectivity index (χ0) is 13.2. The molecule has 0 saturated heterocycles. The predicted molar refractivity (Wildman–Crippen MR) is 68.0 cm³/mol. The Morgan fingerprint density at radius 3 is 2.83 bits per heavy atom. The fourth-order valence-electron chi connectivity index (χ4n) is 2.23. The monoisotopic (exact) mass is 250 g/mol. The Morgan fingerprint density at radius 2 is 2.33 bits per heavy atom. The summed E-state index contributed by atoms with van der Waals surface area (Å²) in [6.45, 7) is 2.37. The van der Waals surface area contributed by atoms with E-state index in [2.05, 4.69) is 10.3 Å². The topological polar surface area (TPSA) is 71.5 Å². The van der Waals surface area contributed by atoms with Gasteiger partial charge in [-0.15, -0.1) is 0 Å². The van der Waals surface area contributed by atoms with Gasteiger partial charge in [0, 0.05) is 19.9 Å². The molecule has 1 saturated carbocycles. The lowest BCUT2D eigenvalue weighted by Crippen LogP contribution is -2.45. The highest BCUT2D eigenvalue weighted by molar-refractivity contribution is 5.94. The normalized spacial score (nSPS) is 17.0. The number of carboxylic acids is 1. The average molecular weight is 250 g/mol. The first kappa shape index (κ1) is 12.8. The molecule has 0 aliphatic heterocycles. The Labute approximate surface area is 106 Å². The summed E-state index contributed by atoms with van der Waals surface area (Å²) in [5, 5.41) is 12.3. The van der Waals surface area contributed by atoms with Gasteiger partial charge in [0.1, 0.15) is 11.4 Å². The van der Waals surface area contributed by atoms with E-state index in [1.165, 1.54) is 0 Å². The lowest BCUT2D eigenvalue weighted by molar-refractivity contribution is -0.0601. The van der Waals surface area contributed by atoms with Gasteiger partial charge in [0.2, 0.25) is 0 Å². The molecule has 1 aliphatic carbocycles. The maximum absolute atomic E-state index is 11.2. The van der Waals surface area contributed by atoms with E-state index < -0.39 is 5.97 Å². The molecule has 0 aromatic carbocycles. The van der Waals surface area contributed by atoms with Gasteiger partial charge in [-0.3, -0.25) is 0 Å². The Hall–Kier alpha value is -1.62. The van der Waals surface area contributed by atoms with Crippen molar-refractivity contribution in [2.24, 2.45) is 0 Å². The van der Waals surface area contributed by atoms with E-state index >= 15 is 0 Å². The van der Waals surface area contributed by atoms with Crippen LogP contribution in [0.5, 0.6) is 0 Å². The third-order valence-electron chi connectivity index (χ3n) is 3.65. The first-order chi connectivity index (χ1) is 8.58. The quantitative estimate of drug-likeness (QED) is 0.837. The van der Waals surface area contributed by atoms with Crippen molar-refractivity contribution in [3.8, 4) is 0 Å². The van der Waals surface area contributed by atoms with Crippen molar-refractivity contribution in [3.05, 3.63) is 23.4 Å². The molecule has 2 rings (SSSR count). The molecule has 0 amide bonds. The van der Waals surface area contributed by atoms with E-state index in [-0.39, 0.29) is 11.2 Å². The van der Waals surface area contributed by atoms with E-state index in [4.69, 9.17) is 4.74 Å². The van der Waals surface area contributed by atoms with Gasteiger partial charge in [-0.05, 0) is 37.8 Å². The summed E-state index contributed by atoms with van der Waals surface area (Å²) in [6, 6.07) is 1.70. The maximum atomic E-state index is 11.2. The van der Waals surface area contributed by atoms with Crippen molar-refractivity contribution in [1.82, 2.24) is 4.98 Å². The number of hydrogen-bond donors (Lipinski definition) is 2. The molecular formula is C13H18N2O3. The fourth-order valence-corrected chi connectivity index (χ4v) is 2.23. The zero-order valence-electron chi connectivity index (χ0n) is 10.7. The number of aryl methyl sites for hydroxylation is 1. The van der Waals surface area contributed by atoms with Gasteiger partial charge < -0.3 is 15.2 Å². The second-order valence-corrected chi connectivity index (χ2v) is 4.75. The van der Waals surface area contributed by atoms with E-state index in [1.807, 2.05) is 0 Å². The molecule has 0 spiro atoms. The number of aromatic nitrogens is 1. The van der Waals surface area contributed by atoms with Crippen LogP contribution in [0.4, 0.5) is 5.82 Å². The predicted octanol–water partition coefficient (Wildman–Crippen LogP) is 2.07. The number of rotatable bonds is 5. The van der Waals surface area contributed by atoms with Gasteiger partial charge in [0.25, 0.3) is 0 Å². The van der Waals surface area contributed by atoms with Gasteiger partial charge >= 0.3 is 5.97 Å². The van der Waals surface area contributed by atoms with Gasteiger partial charge in [-0.2, -0.15) is 0 Å². The van der Waals surface area contributed by atoms with E-state index in [0.717, 1.165) is 19.3 Å². The van der Waals surface area contributed by atoms with Crippen LogP contribution in [0.1, 0.15) is 35.2 Å². The summed E-state index contributed by atoms with van der Waals surface area (Å²) in [4.78, 5) is 15.3. The molecule has 1 heterocycles. The number of anilines is 1. The smallest absolute Gasteiger partial charge is 0.339 e. The maximum Gasteiger partial charge on any atom is 0.339 e. The first-order valence-electron chi connectivity index (χ1n) is 6.06. The molecule has 5 heteroatoms. The van der Waals surface area contributed by atoms with Crippen LogP contribution >= 0.6 is 0 Å². The number of aromatic carboxylic acids is 1. The number of methoxy groups -OCH3 is 1. The van der Waals surface area contributed by atoms with E-state index in [9.17, 15) is 9.90 Å². The Bertz CT molecular complexity index is 450. The molecule has 18 heavy (non-hydrogen) atoms. The lowest BCUT2D eigenvalue weighted by Gasteiger charge is -2.40. The van der Waals surface area contributed by atoms with E-state index in [1.54, 1.807) is 26.3 Å². The summed E-state index contributed by atoms with van der Waals surface area (Å²) in [6.07, 6.45) is 4.78. The highest BCUT2D eigenvalue weighted by atomic mass is 16.5. The van der Waals surface area contributed by atoms with Crippen LogP contribution in [0.25, 0.3) is 0 Å². The van der Waals surface area contributed by atoms with Gasteiger partial charge in [0.05, 0.1) is 5.60 Å². The highest BCUT2D eigenvalue weighted by Crippen LogP contribution is 2.35. The van der Waals surface area contributed by atoms with Crippen molar-refractivity contribution in [1.29, 1.82) is 0 Å². The average Bonchev–Trinajstić information content (AvgIpc) is 2.27. The third-order valence-corrected chi connectivity index (χ3v) is 3.65. The number of nitrogens with one attached hydrogen (secondary N) is 1. The second-order valence-electron chi connectivity index (χ2n) is 4.75. The largest absolute Gasteiger partial charge is 0.478 e. The summed E-state index contributed by atoms with van der Waals surface area (Å²) in [5.41, 5.74) is 0.796. The van der Waals surface area contributed by atoms with Crippen molar-refractivity contribution in [3.63, 3.8) is 0 Å². The number of nitrogens with zero attached hydrogens (tertiary/aromatic N) is 1. The third kappa shape index (κ3) is 2.31. The number of pyridine rings is 1. The second kappa shape index (κ2) is 4.94. The lowest BCUT2D eigenvalue weighted by atomic mass is 9.80. The summed E-state index contributed by atoms with van der Waals surface area (Å²) in [5.74, 6) is -0.533. The van der Waals surface area contributed by atoms with Crippen LogP contribution in [0, 0.1) is 6.92 Å². The standard InChI is InChI=1S/C13H18N2O3/c1-9-4-7-14-11(10(9)12(16)17)15-8-13(18-2)5-3-6-13/h4,7H,3,5-6,8H2,1-2H3,(H,14,15)(H,16,17). The molecule has 1 fully saturated rings. The van der Waals surface area contributed by atoms with Crippen molar-refractivity contribution < 1.29 is 14.6 Å². The van der Waals surface area contributed by atoms with Gasteiger partial charge in [-0.25, -0.2) is 9.78 Å². The van der Waals surface area contributed by atoms with Crippen molar-refractivity contribution in [2.75, 3.05) is 19.0 Å². The number of carboxylic acid groups (broad SMARTS) is 1. The summed E-state index contributed by atoms with van der Waals surface area (Å²) >= 11 is 0. The van der Waals surface area contributed by atoms with Crippen LogP contribution in [-0.2, 0) is 4.74 Å². The molecule has 1 aliphatic rings. The van der Waals surface area contributed by atoms with Crippen LogP contribution in [0.15, 0.2) is 12.3 Å². The molecule has 5 nitrogen and oxygen atoms in total. The number of hydrogen-bond acceptors (Lipinski definition) is 4. The minimum atomic E-state index is -0.955. The summed E-state index contributed by atoms with van der Waals surface area (Å²) < 4.78 is 5.49. The molecule has 1 aromatic rings. The molecule has 2 N–H and O–H groups in total.